The molecule has 2 aromatic rings. The van der Waals surface area contributed by atoms with Crippen molar-refractivity contribution in [3.8, 4) is 11.5 Å². The second-order valence-corrected chi connectivity index (χ2v) is 7.31. The highest BCUT2D eigenvalue weighted by atomic mass is 19.1. The molecule has 156 valence electrons. The van der Waals surface area contributed by atoms with Gasteiger partial charge in [0, 0.05) is 5.69 Å². The topological polar surface area (TPSA) is 97.0 Å². The molecule has 30 heavy (non-hydrogen) atoms. The monoisotopic (exact) mass is 413 g/mol. The normalized spacial score (nSPS) is 20.2. The molecule has 1 atom stereocenters. The fourth-order valence-electron chi connectivity index (χ4n) is 3.45. The lowest BCUT2D eigenvalue weighted by Crippen LogP contribution is -2.42. The number of carbonyl (C=O) groups excluding carboxylic acids is 3. The maximum absolute atomic E-state index is 13.4. The summed E-state index contributed by atoms with van der Waals surface area (Å²) in [5.41, 5.74) is 0.0841. The van der Waals surface area contributed by atoms with Crippen molar-refractivity contribution in [3.63, 3.8) is 0 Å². The first-order valence-electron chi connectivity index (χ1n) is 9.38. The number of hydrogen-bond acceptors (Lipinski definition) is 5. The summed E-state index contributed by atoms with van der Waals surface area (Å²) < 4.78 is 24.5. The number of carbonyl (C=O) groups is 3. The number of benzene rings is 2. The molecule has 1 fully saturated rings. The van der Waals surface area contributed by atoms with Crippen molar-refractivity contribution in [3.05, 3.63) is 53.3 Å². The molecule has 2 aromatic carbocycles. The first-order chi connectivity index (χ1) is 14.3. The van der Waals surface area contributed by atoms with Crippen LogP contribution < -0.4 is 20.1 Å². The van der Waals surface area contributed by atoms with E-state index in [1.54, 1.807) is 32.0 Å². The summed E-state index contributed by atoms with van der Waals surface area (Å²) >= 11 is 0. The van der Waals surface area contributed by atoms with Crippen LogP contribution in [-0.2, 0) is 15.1 Å². The van der Waals surface area contributed by atoms with E-state index in [1.807, 2.05) is 0 Å². The van der Waals surface area contributed by atoms with Gasteiger partial charge < -0.3 is 20.1 Å². The summed E-state index contributed by atoms with van der Waals surface area (Å²) in [7, 11) is 0. The highest BCUT2D eigenvalue weighted by Gasteiger charge is 2.49. The number of urea groups is 1. The van der Waals surface area contributed by atoms with Gasteiger partial charge in [0.25, 0.3) is 5.91 Å². The predicted octanol–water partition coefficient (Wildman–Crippen LogP) is 2.31. The standard InChI is InChI=1S/C21H20FN3O5/c1-12-3-5-14(22)10-15(12)23-18(26)11-25-19(27)21(2,24-20(25)28)13-4-6-16-17(9-13)30-8-7-29-16/h3-6,9-10H,7-8,11H2,1-2H3,(H,23,26)(H,24,28)/t21-/m1/s1. The second kappa shape index (κ2) is 7.33. The summed E-state index contributed by atoms with van der Waals surface area (Å²) in [6.07, 6.45) is 0. The van der Waals surface area contributed by atoms with Crippen molar-refractivity contribution in [1.29, 1.82) is 0 Å². The van der Waals surface area contributed by atoms with Gasteiger partial charge in [-0.1, -0.05) is 12.1 Å². The quantitative estimate of drug-likeness (QED) is 0.750. The third-order valence-electron chi connectivity index (χ3n) is 5.17. The van der Waals surface area contributed by atoms with Crippen molar-refractivity contribution in [1.82, 2.24) is 10.2 Å². The van der Waals surface area contributed by atoms with Crippen molar-refractivity contribution in [2.75, 3.05) is 25.1 Å². The van der Waals surface area contributed by atoms with Crippen LogP contribution in [0.5, 0.6) is 11.5 Å². The SMILES string of the molecule is Cc1ccc(F)cc1NC(=O)CN1C(=O)N[C@](C)(c2ccc3c(c2)OCCO3)C1=O. The molecule has 2 heterocycles. The van der Waals surface area contributed by atoms with E-state index in [0.29, 0.717) is 35.8 Å². The second-order valence-electron chi connectivity index (χ2n) is 7.31. The number of amides is 4. The number of aryl methyl sites for hydroxylation is 1. The fraction of sp³-hybridized carbons (Fsp3) is 0.286. The van der Waals surface area contributed by atoms with E-state index in [2.05, 4.69) is 10.6 Å². The number of hydrogen-bond donors (Lipinski definition) is 2. The molecule has 0 aromatic heterocycles. The molecule has 4 rings (SSSR count). The van der Waals surface area contributed by atoms with Crippen molar-refractivity contribution in [2.24, 2.45) is 0 Å². The zero-order valence-corrected chi connectivity index (χ0v) is 16.5. The molecule has 2 aliphatic heterocycles. The van der Waals surface area contributed by atoms with Crippen molar-refractivity contribution in [2.45, 2.75) is 19.4 Å². The molecule has 4 amide bonds. The molecule has 8 nitrogen and oxygen atoms in total. The van der Waals surface area contributed by atoms with Gasteiger partial charge in [0.15, 0.2) is 11.5 Å². The van der Waals surface area contributed by atoms with Crippen LogP contribution in [0.4, 0.5) is 14.9 Å². The van der Waals surface area contributed by atoms with Crippen LogP contribution in [-0.4, -0.2) is 42.5 Å². The number of ether oxygens (including phenoxy) is 2. The van der Waals surface area contributed by atoms with Crippen LogP contribution in [0.15, 0.2) is 36.4 Å². The van der Waals surface area contributed by atoms with Crippen LogP contribution in [0.3, 0.4) is 0 Å². The molecule has 0 radical (unpaired) electrons. The number of rotatable bonds is 4. The minimum Gasteiger partial charge on any atom is -0.486 e. The number of nitrogens with zero attached hydrogens (tertiary/aromatic N) is 1. The first kappa shape index (κ1) is 19.7. The maximum Gasteiger partial charge on any atom is 0.325 e. The average molecular weight is 413 g/mol. The van der Waals surface area contributed by atoms with Gasteiger partial charge >= 0.3 is 6.03 Å². The first-order valence-corrected chi connectivity index (χ1v) is 9.38. The number of anilines is 1. The maximum atomic E-state index is 13.4. The minimum atomic E-state index is -1.36. The number of halogens is 1. The Morgan fingerprint density at radius 3 is 2.67 bits per heavy atom. The van der Waals surface area contributed by atoms with Crippen LogP contribution in [0, 0.1) is 12.7 Å². The summed E-state index contributed by atoms with van der Waals surface area (Å²) in [4.78, 5) is 38.8. The highest BCUT2D eigenvalue weighted by Crippen LogP contribution is 2.36. The largest absolute Gasteiger partial charge is 0.486 e. The minimum absolute atomic E-state index is 0.279. The Bertz CT molecular complexity index is 1060. The molecule has 0 bridgehead atoms. The van der Waals surface area contributed by atoms with Crippen LogP contribution in [0.25, 0.3) is 0 Å². The van der Waals surface area contributed by atoms with Gasteiger partial charge in [0.2, 0.25) is 5.91 Å². The molecule has 2 N–H and O–H groups in total. The Labute approximate surface area is 171 Å². The van der Waals surface area contributed by atoms with E-state index in [4.69, 9.17) is 9.47 Å². The van der Waals surface area contributed by atoms with Gasteiger partial charge in [-0.3, -0.25) is 14.5 Å². The lowest BCUT2D eigenvalue weighted by Gasteiger charge is -2.25. The van der Waals surface area contributed by atoms with Crippen molar-refractivity contribution >= 4 is 23.5 Å². The van der Waals surface area contributed by atoms with Crippen LogP contribution in [0.2, 0.25) is 0 Å². The Kier molecular flexibility index (Phi) is 4.81. The van der Waals surface area contributed by atoms with Gasteiger partial charge in [-0.15, -0.1) is 0 Å². The van der Waals surface area contributed by atoms with Gasteiger partial charge in [-0.05, 0) is 49.2 Å². The van der Waals surface area contributed by atoms with Crippen molar-refractivity contribution < 1.29 is 28.2 Å². The highest BCUT2D eigenvalue weighted by molar-refractivity contribution is 6.10. The van der Waals surface area contributed by atoms with Gasteiger partial charge in [0.1, 0.15) is 31.1 Å². The Hall–Kier alpha value is -3.62. The molecule has 2 aliphatic rings. The molecular weight excluding hydrogens is 393 g/mol. The van der Waals surface area contributed by atoms with E-state index < -0.39 is 35.7 Å². The molecule has 0 saturated carbocycles. The third-order valence-corrected chi connectivity index (χ3v) is 5.17. The molecule has 0 spiro atoms. The number of imide groups is 1. The van der Waals surface area contributed by atoms with Crippen LogP contribution in [0.1, 0.15) is 18.1 Å². The zero-order chi connectivity index (χ0) is 21.5. The predicted molar refractivity (Wildman–Crippen MR) is 105 cm³/mol. The fourth-order valence-corrected chi connectivity index (χ4v) is 3.45. The average Bonchev–Trinajstić information content (AvgIpc) is 2.94. The summed E-state index contributed by atoms with van der Waals surface area (Å²) in [6, 6.07) is 8.29. The van der Waals surface area contributed by atoms with Gasteiger partial charge in [0.05, 0.1) is 0 Å². The lowest BCUT2D eigenvalue weighted by atomic mass is 9.91. The smallest absolute Gasteiger partial charge is 0.325 e. The Morgan fingerprint density at radius 2 is 1.90 bits per heavy atom. The van der Waals surface area contributed by atoms with E-state index in [-0.39, 0.29) is 5.69 Å². The van der Waals surface area contributed by atoms with E-state index in [9.17, 15) is 18.8 Å². The van der Waals surface area contributed by atoms with Crippen LogP contribution >= 0.6 is 0 Å². The molecule has 1 saturated heterocycles. The molecule has 9 heteroatoms. The molecular formula is C21H20FN3O5. The summed E-state index contributed by atoms with van der Waals surface area (Å²) in [5, 5.41) is 5.18. The van der Waals surface area contributed by atoms with E-state index >= 15 is 0 Å². The van der Waals surface area contributed by atoms with E-state index in [1.165, 1.54) is 18.2 Å². The Balaban J connectivity index is 1.52. The number of nitrogens with one attached hydrogen (secondary N) is 2. The lowest BCUT2D eigenvalue weighted by molar-refractivity contribution is -0.133. The zero-order valence-electron chi connectivity index (χ0n) is 16.5. The molecule has 0 unspecified atom stereocenters. The summed E-state index contributed by atoms with van der Waals surface area (Å²) in [5.74, 6) is -0.641. The van der Waals surface area contributed by atoms with Gasteiger partial charge in [-0.2, -0.15) is 0 Å². The van der Waals surface area contributed by atoms with E-state index in [0.717, 1.165) is 4.90 Å². The molecule has 0 aliphatic carbocycles. The summed E-state index contributed by atoms with van der Waals surface area (Å²) in [6.45, 7) is 3.60. The third kappa shape index (κ3) is 3.42. The number of fused-ring (bicyclic) bond motifs is 1. The van der Waals surface area contributed by atoms with Gasteiger partial charge in [-0.25, -0.2) is 9.18 Å². The Morgan fingerprint density at radius 1 is 1.17 bits per heavy atom.